The van der Waals surface area contributed by atoms with Gasteiger partial charge in [-0.3, -0.25) is 4.79 Å². The highest BCUT2D eigenvalue weighted by Crippen LogP contribution is 2.23. The van der Waals surface area contributed by atoms with Gasteiger partial charge in [-0.2, -0.15) is 0 Å². The van der Waals surface area contributed by atoms with Crippen molar-refractivity contribution in [3.63, 3.8) is 0 Å². The van der Waals surface area contributed by atoms with E-state index in [0.29, 0.717) is 17.6 Å². The summed E-state index contributed by atoms with van der Waals surface area (Å²) in [5.74, 6) is 0.456. The van der Waals surface area contributed by atoms with Gasteiger partial charge in [0.1, 0.15) is 5.82 Å². The lowest BCUT2D eigenvalue weighted by molar-refractivity contribution is 0.102. The van der Waals surface area contributed by atoms with Crippen LogP contribution in [0, 0.1) is 0 Å². The van der Waals surface area contributed by atoms with Gasteiger partial charge in [-0.05, 0) is 49.4 Å². The van der Waals surface area contributed by atoms with E-state index in [1.54, 1.807) is 12.1 Å². The van der Waals surface area contributed by atoms with Crippen molar-refractivity contribution in [3.05, 3.63) is 47.2 Å². The highest BCUT2D eigenvalue weighted by Gasteiger charge is 2.13. The maximum absolute atomic E-state index is 12.5. The molecule has 0 radical (unpaired) electrons. The van der Waals surface area contributed by atoms with Gasteiger partial charge in [0.25, 0.3) is 5.91 Å². The molecule has 2 N–H and O–H groups in total. The number of carbonyl (C=O) groups excluding carboxylic acids is 1. The summed E-state index contributed by atoms with van der Waals surface area (Å²) >= 11 is 0. The first-order valence-corrected chi connectivity index (χ1v) is 8.61. The minimum atomic E-state index is -0.229. The van der Waals surface area contributed by atoms with Crippen LogP contribution in [0.5, 0.6) is 0 Å². The van der Waals surface area contributed by atoms with Crippen LogP contribution in [-0.4, -0.2) is 22.1 Å². The molecule has 2 rings (SSSR count). The Labute approximate surface area is 143 Å². The molecule has 1 unspecified atom stereocenters. The number of aryl methyl sites for hydroxylation is 2. The Morgan fingerprint density at radius 2 is 1.71 bits per heavy atom. The van der Waals surface area contributed by atoms with E-state index >= 15 is 0 Å². The third-order valence-corrected chi connectivity index (χ3v) is 4.14. The second kappa shape index (κ2) is 8.43. The maximum Gasteiger partial charge on any atom is 0.276 e. The average molecular weight is 326 g/mol. The molecule has 0 aliphatic rings. The molecule has 1 aromatic carbocycles. The molecule has 1 aromatic heterocycles. The quantitative estimate of drug-likeness (QED) is 0.805. The molecule has 0 aliphatic carbocycles. The van der Waals surface area contributed by atoms with Crippen molar-refractivity contribution < 1.29 is 4.79 Å². The van der Waals surface area contributed by atoms with Crippen LogP contribution in [0.1, 0.15) is 55.7 Å². The number of para-hydroxylation sites is 1. The number of nitrogens with zero attached hydrogens (tertiary/aromatic N) is 2. The number of anilines is 2. The second-order valence-corrected chi connectivity index (χ2v) is 5.87. The molecular formula is C19H26N4O. The molecule has 24 heavy (non-hydrogen) atoms. The molecule has 0 bridgehead atoms. The van der Waals surface area contributed by atoms with Crippen LogP contribution in [0.4, 0.5) is 11.5 Å². The summed E-state index contributed by atoms with van der Waals surface area (Å²) in [6.45, 7) is 8.35. The van der Waals surface area contributed by atoms with Crippen molar-refractivity contribution in [2.45, 2.75) is 53.0 Å². The molecule has 128 valence electrons. The molecule has 5 nitrogen and oxygen atoms in total. The van der Waals surface area contributed by atoms with Gasteiger partial charge < -0.3 is 10.6 Å². The molecule has 1 heterocycles. The molecule has 0 fully saturated rings. The van der Waals surface area contributed by atoms with Crippen LogP contribution >= 0.6 is 0 Å². The van der Waals surface area contributed by atoms with Gasteiger partial charge in [-0.15, -0.1) is 10.2 Å². The molecule has 0 saturated carbocycles. The summed E-state index contributed by atoms with van der Waals surface area (Å²) < 4.78 is 0. The zero-order chi connectivity index (χ0) is 17.5. The van der Waals surface area contributed by atoms with Gasteiger partial charge in [-0.1, -0.05) is 39.0 Å². The van der Waals surface area contributed by atoms with Gasteiger partial charge in [0.05, 0.1) is 0 Å². The molecular weight excluding hydrogens is 300 g/mol. The van der Waals surface area contributed by atoms with Gasteiger partial charge >= 0.3 is 0 Å². The summed E-state index contributed by atoms with van der Waals surface area (Å²) in [4.78, 5) is 12.5. The first-order chi connectivity index (χ1) is 11.6. The van der Waals surface area contributed by atoms with E-state index in [1.165, 1.54) is 0 Å². The molecule has 5 heteroatoms. The van der Waals surface area contributed by atoms with E-state index < -0.39 is 0 Å². The summed E-state index contributed by atoms with van der Waals surface area (Å²) in [5, 5.41) is 14.4. The normalized spacial score (nSPS) is 11.8. The van der Waals surface area contributed by atoms with Crippen molar-refractivity contribution >= 4 is 17.4 Å². The van der Waals surface area contributed by atoms with Crippen molar-refractivity contribution in [1.82, 2.24) is 10.2 Å². The van der Waals surface area contributed by atoms with Crippen molar-refractivity contribution in [2.24, 2.45) is 0 Å². The van der Waals surface area contributed by atoms with Crippen LogP contribution in [0.3, 0.4) is 0 Å². The fourth-order valence-electron chi connectivity index (χ4n) is 2.47. The molecule has 0 aliphatic heterocycles. The molecule has 0 saturated heterocycles. The first-order valence-electron chi connectivity index (χ1n) is 8.61. The number of carbonyl (C=O) groups is 1. The largest absolute Gasteiger partial charge is 0.366 e. The minimum absolute atomic E-state index is 0.229. The summed E-state index contributed by atoms with van der Waals surface area (Å²) in [5.41, 5.74) is 3.48. The van der Waals surface area contributed by atoms with Gasteiger partial charge in [0.2, 0.25) is 0 Å². The van der Waals surface area contributed by atoms with Crippen LogP contribution in [0.2, 0.25) is 0 Å². The van der Waals surface area contributed by atoms with Crippen LogP contribution < -0.4 is 10.6 Å². The third kappa shape index (κ3) is 4.31. The van der Waals surface area contributed by atoms with Crippen molar-refractivity contribution in [1.29, 1.82) is 0 Å². The lowest BCUT2D eigenvalue weighted by Crippen LogP contribution is -2.18. The molecule has 1 atom stereocenters. The van der Waals surface area contributed by atoms with Crippen LogP contribution in [0.25, 0.3) is 0 Å². The zero-order valence-electron chi connectivity index (χ0n) is 14.9. The Hall–Kier alpha value is -2.43. The lowest BCUT2D eigenvalue weighted by atomic mass is 10.0. The predicted octanol–water partition coefficient (Wildman–Crippen LogP) is 4.06. The number of amides is 1. The molecule has 1 amide bonds. The summed E-state index contributed by atoms with van der Waals surface area (Å²) in [6, 6.07) is 9.93. The van der Waals surface area contributed by atoms with E-state index in [9.17, 15) is 4.79 Å². The Balaban J connectivity index is 2.16. The van der Waals surface area contributed by atoms with Crippen molar-refractivity contribution in [3.8, 4) is 0 Å². The Kier molecular flexibility index (Phi) is 6.29. The Morgan fingerprint density at radius 3 is 2.21 bits per heavy atom. The standard InChI is InChI=1S/C19H26N4O/c1-5-13(4)20-17-12-11-16(22-23-17)19(24)21-18-14(6-2)9-8-10-15(18)7-3/h8-13H,5-7H2,1-4H3,(H,20,23)(H,21,24). The highest BCUT2D eigenvalue weighted by atomic mass is 16.1. The van der Waals surface area contributed by atoms with Crippen LogP contribution in [0.15, 0.2) is 30.3 Å². The maximum atomic E-state index is 12.5. The van der Waals surface area contributed by atoms with E-state index in [1.807, 2.05) is 18.2 Å². The predicted molar refractivity (Wildman–Crippen MR) is 98.6 cm³/mol. The third-order valence-electron chi connectivity index (χ3n) is 4.14. The second-order valence-electron chi connectivity index (χ2n) is 5.87. The number of nitrogens with one attached hydrogen (secondary N) is 2. The Morgan fingerprint density at radius 1 is 1.04 bits per heavy atom. The number of aromatic nitrogens is 2. The van der Waals surface area contributed by atoms with Crippen LogP contribution in [-0.2, 0) is 12.8 Å². The Bertz CT molecular complexity index is 660. The molecule has 0 spiro atoms. The van der Waals surface area contributed by atoms with Gasteiger partial charge in [-0.25, -0.2) is 0 Å². The zero-order valence-corrected chi connectivity index (χ0v) is 14.9. The average Bonchev–Trinajstić information content (AvgIpc) is 2.62. The van der Waals surface area contributed by atoms with E-state index in [4.69, 9.17) is 0 Å². The fraction of sp³-hybridized carbons (Fsp3) is 0.421. The monoisotopic (exact) mass is 326 g/mol. The first kappa shape index (κ1) is 17.9. The van der Waals surface area contributed by atoms with E-state index in [-0.39, 0.29) is 5.91 Å². The van der Waals surface area contributed by atoms with E-state index in [2.05, 4.69) is 48.5 Å². The molecule has 2 aromatic rings. The minimum Gasteiger partial charge on any atom is -0.366 e. The summed E-state index contributed by atoms with van der Waals surface area (Å²) in [7, 11) is 0. The number of hydrogen-bond acceptors (Lipinski definition) is 4. The van der Waals surface area contributed by atoms with Gasteiger partial charge in [0, 0.05) is 11.7 Å². The fourth-order valence-corrected chi connectivity index (χ4v) is 2.47. The van der Waals surface area contributed by atoms with Crippen molar-refractivity contribution in [2.75, 3.05) is 10.6 Å². The van der Waals surface area contributed by atoms with Gasteiger partial charge in [0.15, 0.2) is 5.69 Å². The SMILES string of the molecule is CCc1cccc(CC)c1NC(=O)c1ccc(NC(C)CC)nn1. The number of rotatable bonds is 7. The van der Waals surface area contributed by atoms with E-state index in [0.717, 1.165) is 36.1 Å². The lowest BCUT2D eigenvalue weighted by Gasteiger charge is -2.14. The smallest absolute Gasteiger partial charge is 0.276 e. The number of hydrogen-bond donors (Lipinski definition) is 2. The number of benzene rings is 1. The topological polar surface area (TPSA) is 66.9 Å². The highest BCUT2D eigenvalue weighted by molar-refractivity contribution is 6.03. The summed E-state index contributed by atoms with van der Waals surface area (Å²) in [6.07, 6.45) is 2.73.